The summed E-state index contributed by atoms with van der Waals surface area (Å²) >= 11 is 0. The fraction of sp³-hybridized carbons (Fsp3) is 0.519. The highest BCUT2D eigenvalue weighted by molar-refractivity contribution is 5.92. The number of rotatable bonds is 6. The van der Waals surface area contributed by atoms with E-state index in [4.69, 9.17) is 14.5 Å². The van der Waals surface area contributed by atoms with Gasteiger partial charge in [-0.3, -0.25) is 4.98 Å². The smallest absolute Gasteiger partial charge is 0.298 e. The lowest BCUT2D eigenvalue weighted by atomic mass is 9.97. The maximum absolute atomic E-state index is 15.1. The van der Waals surface area contributed by atoms with Crippen LogP contribution in [0.4, 0.5) is 20.3 Å². The Morgan fingerprint density at radius 1 is 1.14 bits per heavy atom. The SMILES string of the molecule is Cc1nnc(N[C@H](C)c2cccc(C(F)(F)C3CCCO3)c2)c2cc(N3C[C@H]4COC[C@H]4C3)cnc12. The van der Waals surface area contributed by atoms with Crippen LogP contribution in [0.5, 0.6) is 0 Å². The number of halogens is 2. The number of ether oxygens (including phenoxy) is 2. The van der Waals surface area contributed by atoms with E-state index < -0.39 is 12.0 Å². The van der Waals surface area contributed by atoms with E-state index in [0.29, 0.717) is 37.1 Å². The Morgan fingerprint density at radius 2 is 1.94 bits per heavy atom. The zero-order valence-corrected chi connectivity index (χ0v) is 20.6. The molecule has 0 aliphatic carbocycles. The summed E-state index contributed by atoms with van der Waals surface area (Å²) in [6, 6.07) is 8.42. The van der Waals surface area contributed by atoms with E-state index in [1.165, 1.54) is 6.07 Å². The molecule has 3 aromatic rings. The number of benzene rings is 1. The normalized spacial score (nSPS) is 24.9. The van der Waals surface area contributed by atoms with Gasteiger partial charge in [0.1, 0.15) is 6.10 Å². The summed E-state index contributed by atoms with van der Waals surface area (Å²) in [4.78, 5) is 7.09. The second-order valence-electron chi connectivity index (χ2n) is 10.3. The highest BCUT2D eigenvalue weighted by atomic mass is 19.3. The molecule has 2 aromatic heterocycles. The molecule has 0 saturated carbocycles. The predicted molar refractivity (Wildman–Crippen MR) is 133 cm³/mol. The Hall–Kier alpha value is -2.91. The van der Waals surface area contributed by atoms with Crippen LogP contribution in [-0.2, 0) is 15.4 Å². The van der Waals surface area contributed by atoms with Crippen molar-refractivity contribution in [1.82, 2.24) is 15.2 Å². The number of alkyl halides is 2. The first-order valence-corrected chi connectivity index (χ1v) is 12.7. The lowest BCUT2D eigenvalue weighted by Crippen LogP contribution is -2.30. The Morgan fingerprint density at radius 3 is 2.69 bits per heavy atom. The molecule has 9 heteroatoms. The van der Waals surface area contributed by atoms with E-state index in [2.05, 4.69) is 26.5 Å². The predicted octanol–water partition coefficient (Wildman–Crippen LogP) is 4.86. The number of nitrogens with one attached hydrogen (secondary N) is 1. The lowest BCUT2D eigenvalue weighted by molar-refractivity contribution is -0.122. The second-order valence-corrected chi connectivity index (χ2v) is 10.3. The average molecular weight is 496 g/mol. The quantitative estimate of drug-likeness (QED) is 0.524. The van der Waals surface area contributed by atoms with Gasteiger partial charge >= 0.3 is 0 Å². The summed E-state index contributed by atoms with van der Waals surface area (Å²) < 4.78 is 41.1. The van der Waals surface area contributed by atoms with Crippen molar-refractivity contribution in [3.05, 3.63) is 53.3 Å². The van der Waals surface area contributed by atoms with Crippen LogP contribution in [0.15, 0.2) is 36.5 Å². The van der Waals surface area contributed by atoms with Crippen molar-refractivity contribution in [3.63, 3.8) is 0 Å². The largest absolute Gasteiger partial charge is 0.381 e. The summed E-state index contributed by atoms with van der Waals surface area (Å²) in [5.74, 6) is -1.30. The molecule has 1 aromatic carbocycles. The van der Waals surface area contributed by atoms with E-state index in [1.807, 2.05) is 26.1 Å². The molecule has 3 aliphatic heterocycles. The van der Waals surface area contributed by atoms with Crippen LogP contribution >= 0.6 is 0 Å². The molecule has 6 rings (SSSR count). The van der Waals surface area contributed by atoms with Gasteiger partial charge in [-0.05, 0) is 44.4 Å². The van der Waals surface area contributed by atoms with Crippen molar-refractivity contribution < 1.29 is 18.3 Å². The zero-order chi connectivity index (χ0) is 24.9. The number of aryl methyl sites for hydroxylation is 1. The molecule has 0 spiro atoms. The van der Waals surface area contributed by atoms with Gasteiger partial charge in [0.25, 0.3) is 5.92 Å². The van der Waals surface area contributed by atoms with Gasteiger partial charge in [0, 0.05) is 42.5 Å². The summed E-state index contributed by atoms with van der Waals surface area (Å²) in [7, 11) is 0. The number of pyridine rings is 1. The van der Waals surface area contributed by atoms with Gasteiger partial charge in [0.05, 0.1) is 42.4 Å². The van der Waals surface area contributed by atoms with Crippen molar-refractivity contribution in [2.75, 3.05) is 43.1 Å². The fourth-order valence-electron chi connectivity index (χ4n) is 5.68. The Kier molecular flexibility index (Phi) is 6.00. The van der Waals surface area contributed by atoms with Crippen LogP contribution in [-0.4, -0.2) is 54.2 Å². The molecule has 0 radical (unpaired) electrons. The topological polar surface area (TPSA) is 72.4 Å². The van der Waals surface area contributed by atoms with Crippen LogP contribution in [0.1, 0.15) is 42.6 Å². The van der Waals surface area contributed by atoms with E-state index in [9.17, 15) is 0 Å². The van der Waals surface area contributed by atoms with E-state index >= 15 is 8.78 Å². The molecule has 5 heterocycles. The van der Waals surface area contributed by atoms with Gasteiger partial charge in [0.2, 0.25) is 0 Å². The standard InChI is InChI=1S/C27H31F2N5O2/c1-16(18-5-3-6-21(9-18)27(28,29)24-7-4-8-36-24)31-26-23-10-22(11-30-25(23)17(2)32-33-26)34-12-19-14-35-15-20(19)13-34/h3,5-6,9-11,16,19-20,24H,4,7-8,12-15H2,1-2H3,(H,31,33)/t16-,19-,20+,24?/m1/s1. The number of anilines is 2. The summed E-state index contributed by atoms with van der Waals surface area (Å²) in [6.45, 7) is 7.78. The first-order chi connectivity index (χ1) is 17.4. The number of aromatic nitrogens is 3. The molecule has 4 atom stereocenters. The van der Waals surface area contributed by atoms with Crippen LogP contribution in [0.2, 0.25) is 0 Å². The first kappa shape index (κ1) is 23.5. The number of fused-ring (bicyclic) bond motifs is 2. The maximum Gasteiger partial charge on any atom is 0.298 e. The highest BCUT2D eigenvalue weighted by Gasteiger charge is 2.44. The van der Waals surface area contributed by atoms with Crippen molar-refractivity contribution in [2.45, 2.75) is 44.8 Å². The van der Waals surface area contributed by atoms with Crippen LogP contribution in [0, 0.1) is 18.8 Å². The second kappa shape index (κ2) is 9.19. The van der Waals surface area contributed by atoms with Crippen molar-refractivity contribution in [1.29, 1.82) is 0 Å². The van der Waals surface area contributed by atoms with Gasteiger partial charge in [-0.15, -0.1) is 5.10 Å². The van der Waals surface area contributed by atoms with Crippen molar-refractivity contribution in [3.8, 4) is 0 Å². The molecule has 190 valence electrons. The third kappa shape index (κ3) is 4.18. The van der Waals surface area contributed by atoms with Crippen molar-refractivity contribution in [2.24, 2.45) is 11.8 Å². The molecular weight excluding hydrogens is 464 g/mol. The van der Waals surface area contributed by atoms with E-state index in [1.54, 1.807) is 12.1 Å². The Balaban J connectivity index is 1.27. The first-order valence-electron chi connectivity index (χ1n) is 12.7. The summed E-state index contributed by atoms with van der Waals surface area (Å²) in [5, 5.41) is 13.0. The molecule has 0 amide bonds. The lowest BCUT2D eigenvalue weighted by Gasteiger charge is -2.24. The van der Waals surface area contributed by atoms with Crippen molar-refractivity contribution >= 4 is 22.4 Å². The minimum atomic E-state index is -3.03. The molecule has 3 aliphatic rings. The highest BCUT2D eigenvalue weighted by Crippen LogP contribution is 2.39. The van der Waals surface area contributed by atoms with E-state index in [-0.39, 0.29) is 11.6 Å². The minimum Gasteiger partial charge on any atom is -0.381 e. The van der Waals surface area contributed by atoms with Gasteiger partial charge in [-0.25, -0.2) is 0 Å². The Labute approximate surface area is 209 Å². The van der Waals surface area contributed by atoms with Crippen LogP contribution in [0.3, 0.4) is 0 Å². The third-order valence-electron chi connectivity index (χ3n) is 7.84. The Bertz CT molecular complexity index is 1250. The molecule has 0 bridgehead atoms. The molecule has 1 unspecified atom stereocenters. The number of hydrogen-bond donors (Lipinski definition) is 1. The molecule has 36 heavy (non-hydrogen) atoms. The van der Waals surface area contributed by atoms with E-state index in [0.717, 1.165) is 54.2 Å². The summed E-state index contributed by atoms with van der Waals surface area (Å²) in [6.07, 6.45) is 1.88. The van der Waals surface area contributed by atoms with Crippen LogP contribution < -0.4 is 10.2 Å². The van der Waals surface area contributed by atoms with Gasteiger partial charge in [0.15, 0.2) is 5.82 Å². The third-order valence-corrected chi connectivity index (χ3v) is 7.84. The number of nitrogens with zero attached hydrogens (tertiary/aromatic N) is 4. The monoisotopic (exact) mass is 495 g/mol. The molecule has 1 N–H and O–H groups in total. The van der Waals surface area contributed by atoms with Gasteiger partial charge in [-0.2, -0.15) is 13.9 Å². The van der Waals surface area contributed by atoms with Gasteiger partial charge < -0.3 is 19.7 Å². The number of hydrogen-bond acceptors (Lipinski definition) is 7. The summed E-state index contributed by atoms with van der Waals surface area (Å²) in [5.41, 5.74) is 3.31. The van der Waals surface area contributed by atoms with Gasteiger partial charge in [-0.1, -0.05) is 18.2 Å². The molecule has 3 saturated heterocycles. The maximum atomic E-state index is 15.1. The molecule has 3 fully saturated rings. The molecule has 7 nitrogen and oxygen atoms in total. The average Bonchev–Trinajstić information content (AvgIpc) is 3.64. The van der Waals surface area contributed by atoms with Crippen LogP contribution in [0.25, 0.3) is 10.9 Å². The molecular formula is C27H31F2N5O2. The fourth-order valence-corrected chi connectivity index (χ4v) is 5.68. The zero-order valence-electron chi connectivity index (χ0n) is 20.6. The minimum absolute atomic E-state index is 0.0205.